The van der Waals surface area contributed by atoms with Crippen molar-refractivity contribution < 1.29 is 48.8 Å². The van der Waals surface area contributed by atoms with E-state index in [2.05, 4.69) is 0 Å². The van der Waals surface area contributed by atoms with Crippen LogP contribution in [0.5, 0.6) is 0 Å². The monoisotopic (exact) mass is 590 g/mol. The molecule has 0 aromatic rings. The third-order valence-electron chi connectivity index (χ3n) is 11.0. The number of hydrogen-bond acceptors (Lipinski definition) is 8. The molecule has 8 unspecified atom stereocenters. The van der Waals surface area contributed by atoms with Crippen LogP contribution in [0, 0.1) is 34.5 Å². The minimum absolute atomic E-state index is 0.173. The van der Waals surface area contributed by atoms with E-state index in [0.29, 0.717) is 38.5 Å². The zero-order valence-electron chi connectivity index (χ0n) is 24.9. The van der Waals surface area contributed by atoms with Crippen LogP contribution in [0.4, 0.5) is 0 Å². The molecule has 0 heterocycles. The fourth-order valence-electron chi connectivity index (χ4n) is 9.03. The SMILES string of the molecule is CC(=O)C(OOC(C(C)=O)C(=O)CC1(C(=O)O)CCCC2CCCCC21)C(=O)CC1(C(=O)O)CCCC2CCCCC21. The standard InChI is InChI=1S/C32H46O10/c1-19(33)27(25(35)17-31(29(37)38)15-7-11-21-9-3-5-13-23(21)31)41-42-28(20(2)34)26(36)18-32(30(39)40)16-8-12-22-10-4-6-14-24(22)32/h21-24,27-28H,3-18H2,1-2H3,(H,37,38)(H,39,40). The lowest BCUT2D eigenvalue weighted by Gasteiger charge is -2.48. The van der Waals surface area contributed by atoms with E-state index < -0.39 is 71.0 Å². The number of Topliss-reactive ketones (excluding diaryl/α,β-unsaturated/α-hetero) is 4. The number of hydrogen-bond donors (Lipinski definition) is 2. The Morgan fingerprint density at radius 3 is 1.26 bits per heavy atom. The number of fused-ring (bicyclic) bond motifs is 2. The van der Waals surface area contributed by atoms with Gasteiger partial charge < -0.3 is 10.2 Å². The maximum absolute atomic E-state index is 13.5. The van der Waals surface area contributed by atoms with Crippen LogP contribution in [0.3, 0.4) is 0 Å². The Morgan fingerprint density at radius 1 is 0.595 bits per heavy atom. The minimum atomic E-state index is -1.80. The van der Waals surface area contributed by atoms with Gasteiger partial charge in [-0.3, -0.25) is 28.8 Å². The maximum atomic E-state index is 13.5. The van der Waals surface area contributed by atoms with Gasteiger partial charge in [0.25, 0.3) is 0 Å². The molecule has 4 rings (SSSR count). The predicted octanol–water partition coefficient (Wildman–Crippen LogP) is 4.89. The van der Waals surface area contributed by atoms with Crippen LogP contribution < -0.4 is 0 Å². The van der Waals surface area contributed by atoms with Crippen molar-refractivity contribution in [2.75, 3.05) is 0 Å². The molecule has 0 aliphatic heterocycles. The first-order chi connectivity index (χ1) is 19.9. The second-order valence-corrected chi connectivity index (χ2v) is 13.5. The number of aliphatic carboxylic acids is 2. The summed E-state index contributed by atoms with van der Waals surface area (Å²) in [5, 5.41) is 20.6. The highest BCUT2D eigenvalue weighted by molar-refractivity contribution is 6.06. The highest BCUT2D eigenvalue weighted by Crippen LogP contribution is 2.54. The van der Waals surface area contributed by atoms with E-state index in [4.69, 9.17) is 9.78 Å². The summed E-state index contributed by atoms with van der Waals surface area (Å²) in [5.41, 5.74) is -2.61. The molecule has 0 aromatic carbocycles. The molecule has 0 radical (unpaired) electrons. The topological polar surface area (TPSA) is 161 Å². The summed E-state index contributed by atoms with van der Waals surface area (Å²) in [4.78, 5) is 87.7. The number of carboxylic acid groups (broad SMARTS) is 2. The van der Waals surface area contributed by atoms with E-state index in [0.717, 1.165) is 65.2 Å². The average molecular weight is 591 g/mol. The summed E-state index contributed by atoms with van der Waals surface area (Å²) in [5.74, 6) is -5.00. The van der Waals surface area contributed by atoms with Gasteiger partial charge in [-0.15, -0.1) is 0 Å². The van der Waals surface area contributed by atoms with Gasteiger partial charge >= 0.3 is 11.9 Å². The van der Waals surface area contributed by atoms with Crippen molar-refractivity contribution in [3.05, 3.63) is 0 Å². The van der Waals surface area contributed by atoms with Gasteiger partial charge in [0.15, 0.2) is 23.1 Å². The van der Waals surface area contributed by atoms with Gasteiger partial charge in [0.1, 0.15) is 0 Å². The van der Waals surface area contributed by atoms with Gasteiger partial charge in [0.05, 0.1) is 10.8 Å². The lowest BCUT2D eigenvalue weighted by Crippen LogP contribution is -2.50. The molecular formula is C32H46O10. The Hall–Kier alpha value is -2.46. The summed E-state index contributed by atoms with van der Waals surface area (Å²) in [6.07, 6.45) is 6.56. The van der Waals surface area contributed by atoms with E-state index in [1.165, 1.54) is 0 Å². The number of carboxylic acids is 2. The van der Waals surface area contributed by atoms with E-state index in [-0.39, 0.29) is 23.7 Å². The minimum Gasteiger partial charge on any atom is -0.481 e. The molecule has 234 valence electrons. The molecule has 4 fully saturated rings. The van der Waals surface area contributed by atoms with Gasteiger partial charge in [0, 0.05) is 12.8 Å². The Bertz CT molecular complexity index is 995. The molecule has 4 aliphatic rings. The number of carbonyl (C=O) groups is 6. The van der Waals surface area contributed by atoms with Crippen molar-refractivity contribution in [1.29, 1.82) is 0 Å². The van der Waals surface area contributed by atoms with Crippen molar-refractivity contribution in [1.82, 2.24) is 0 Å². The fraction of sp³-hybridized carbons (Fsp3) is 0.812. The molecule has 0 spiro atoms. The Labute approximate surface area is 247 Å². The normalized spacial score (nSPS) is 34.2. The molecule has 4 saturated carbocycles. The van der Waals surface area contributed by atoms with Gasteiger partial charge in [-0.05, 0) is 63.2 Å². The number of rotatable bonds is 13. The first-order valence-corrected chi connectivity index (χ1v) is 15.8. The van der Waals surface area contributed by atoms with Crippen molar-refractivity contribution in [2.24, 2.45) is 34.5 Å². The number of ketones is 4. The third kappa shape index (κ3) is 6.39. The highest BCUT2D eigenvalue weighted by atomic mass is 17.2. The van der Waals surface area contributed by atoms with Crippen molar-refractivity contribution >= 4 is 35.1 Å². The number of carbonyl (C=O) groups excluding carboxylic acids is 4. The molecule has 10 heteroatoms. The second kappa shape index (κ2) is 13.5. The van der Waals surface area contributed by atoms with Crippen LogP contribution in [0.2, 0.25) is 0 Å². The summed E-state index contributed by atoms with van der Waals surface area (Å²) < 4.78 is 0. The molecule has 0 amide bonds. The molecular weight excluding hydrogens is 544 g/mol. The van der Waals surface area contributed by atoms with Crippen LogP contribution in [-0.4, -0.2) is 57.5 Å². The molecule has 42 heavy (non-hydrogen) atoms. The Balaban J connectivity index is 1.48. The lowest BCUT2D eigenvalue weighted by atomic mass is 9.55. The summed E-state index contributed by atoms with van der Waals surface area (Å²) >= 11 is 0. The van der Waals surface area contributed by atoms with Crippen LogP contribution in [0.1, 0.15) is 117 Å². The van der Waals surface area contributed by atoms with Crippen LogP contribution in [-0.2, 0) is 38.5 Å². The molecule has 8 atom stereocenters. The van der Waals surface area contributed by atoms with Gasteiger partial charge in [0.2, 0.25) is 12.2 Å². The van der Waals surface area contributed by atoms with E-state index in [1.807, 2.05) is 0 Å². The van der Waals surface area contributed by atoms with Crippen molar-refractivity contribution in [3.8, 4) is 0 Å². The van der Waals surface area contributed by atoms with Gasteiger partial charge in [-0.25, -0.2) is 9.78 Å². The average Bonchev–Trinajstić information content (AvgIpc) is 2.94. The first-order valence-electron chi connectivity index (χ1n) is 15.8. The first kappa shape index (κ1) is 32.5. The Morgan fingerprint density at radius 2 is 0.929 bits per heavy atom. The van der Waals surface area contributed by atoms with Crippen LogP contribution >= 0.6 is 0 Å². The zero-order valence-corrected chi connectivity index (χ0v) is 24.9. The Kier molecular flexibility index (Phi) is 10.4. The highest BCUT2D eigenvalue weighted by Gasteiger charge is 2.55. The summed E-state index contributed by atoms with van der Waals surface area (Å²) in [7, 11) is 0. The smallest absolute Gasteiger partial charge is 0.310 e. The quantitative estimate of drug-likeness (QED) is 0.172. The maximum Gasteiger partial charge on any atom is 0.310 e. The summed E-state index contributed by atoms with van der Waals surface area (Å²) in [6.45, 7) is 2.22. The van der Waals surface area contributed by atoms with Crippen molar-refractivity contribution in [2.45, 2.75) is 129 Å². The predicted molar refractivity (Wildman–Crippen MR) is 149 cm³/mol. The third-order valence-corrected chi connectivity index (χ3v) is 11.0. The zero-order chi connectivity index (χ0) is 30.7. The largest absolute Gasteiger partial charge is 0.481 e. The fourth-order valence-corrected chi connectivity index (χ4v) is 9.03. The lowest BCUT2D eigenvalue weighted by molar-refractivity contribution is -0.321. The van der Waals surface area contributed by atoms with E-state index in [9.17, 15) is 39.0 Å². The second-order valence-electron chi connectivity index (χ2n) is 13.5. The molecule has 4 aliphatic carbocycles. The van der Waals surface area contributed by atoms with Crippen molar-refractivity contribution in [3.63, 3.8) is 0 Å². The van der Waals surface area contributed by atoms with Crippen LogP contribution in [0.15, 0.2) is 0 Å². The molecule has 0 bridgehead atoms. The molecule has 0 saturated heterocycles. The van der Waals surface area contributed by atoms with Gasteiger partial charge in [-0.1, -0.05) is 64.2 Å². The molecule has 10 nitrogen and oxygen atoms in total. The van der Waals surface area contributed by atoms with E-state index >= 15 is 0 Å². The molecule has 2 N–H and O–H groups in total. The summed E-state index contributed by atoms with van der Waals surface area (Å²) in [6, 6.07) is 0. The van der Waals surface area contributed by atoms with Gasteiger partial charge in [-0.2, -0.15) is 0 Å². The molecule has 0 aromatic heterocycles. The van der Waals surface area contributed by atoms with Crippen LogP contribution in [0.25, 0.3) is 0 Å². The van der Waals surface area contributed by atoms with E-state index in [1.54, 1.807) is 0 Å².